The Morgan fingerprint density at radius 1 is 1.64 bits per heavy atom. The fourth-order valence-electron chi connectivity index (χ4n) is 1.12. The normalized spacial score (nSPS) is 12.1. The molecule has 0 radical (unpaired) electrons. The van der Waals surface area contributed by atoms with Gasteiger partial charge in [-0.3, -0.25) is 0 Å². The first kappa shape index (κ1) is 11.0. The van der Waals surface area contributed by atoms with Gasteiger partial charge in [0, 0.05) is 10.4 Å². The summed E-state index contributed by atoms with van der Waals surface area (Å²) in [6, 6.07) is 7.88. The molecule has 0 fully saturated rings. The van der Waals surface area contributed by atoms with E-state index in [-0.39, 0.29) is 5.92 Å². The van der Waals surface area contributed by atoms with Gasteiger partial charge in [0.05, 0.1) is 6.61 Å². The summed E-state index contributed by atoms with van der Waals surface area (Å²) in [5.74, 6) is 0.153. The number of halogens is 1. The summed E-state index contributed by atoms with van der Waals surface area (Å²) in [7, 11) is 0. The van der Waals surface area contributed by atoms with Gasteiger partial charge in [0.2, 0.25) is 0 Å². The molecule has 0 aliphatic rings. The van der Waals surface area contributed by atoms with Gasteiger partial charge in [-0.2, -0.15) is 0 Å². The van der Waals surface area contributed by atoms with Crippen molar-refractivity contribution in [1.29, 1.82) is 0 Å². The Morgan fingerprint density at radius 2 is 2.36 bits per heavy atom. The zero-order chi connectivity index (χ0) is 10.6. The summed E-state index contributed by atoms with van der Waals surface area (Å²) in [5, 5.41) is 0. The summed E-state index contributed by atoms with van der Waals surface area (Å²) in [6.45, 7) is 2.29. The van der Waals surface area contributed by atoms with E-state index in [1.807, 2.05) is 31.2 Å². The van der Waals surface area contributed by atoms with Crippen molar-refractivity contribution < 1.29 is 9.53 Å². The third kappa shape index (κ3) is 3.38. The Kier molecular flexibility index (Phi) is 3.95. The quantitative estimate of drug-likeness (QED) is 0.906. The zero-order valence-electron chi connectivity index (χ0n) is 7.87. The van der Waals surface area contributed by atoms with Crippen LogP contribution in [0.2, 0.25) is 0 Å². The van der Waals surface area contributed by atoms with E-state index in [2.05, 4.69) is 15.9 Å². The maximum atomic E-state index is 10.4. The van der Waals surface area contributed by atoms with E-state index in [1.54, 1.807) is 0 Å². The van der Waals surface area contributed by atoms with Crippen LogP contribution in [0.3, 0.4) is 0 Å². The highest BCUT2D eigenvalue weighted by Gasteiger charge is 2.07. The van der Waals surface area contributed by atoms with Crippen molar-refractivity contribution in [3.05, 3.63) is 34.3 Å². The zero-order valence-corrected chi connectivity index (χ0v) is 9.45. The molecule has 1 unspecified atom stereocenters. The number of carbonyl (C=O) groups is 1. The molecule has 0 aromatic heterocycles. The Bertz CT molecular complexity index is 328. The molecule has 1 rings (SSSR count). The lowest BCUT2D eigenvalue weighted by Crippen LogP contribution is -2.16. The number of benzene rings is 1. The molecule has 0 heterocycles. The molecule has 4 heteroatoms. The number of rotatable bonds is 3. The van der Waals surface area contributed by atoms with Crippen LogP contribution in [0.25, 0.3) is 0 Å². The number of nitrogens with two attached hydrogens (primary N) is 1. The second kappa shape index (κ2) is 5.00. The van der Waals surface area contributed by atoms with Crippen molar-refractivity contribution >= 4 is 22.0 Å². The van der Waals surface area contributed by atoms with Crippen LogP contribution in [0.5, 0.6) is 0 Å². The van der Waals surface area contributed by atoms with Crippen molar-refractivity contribution in [3.8, 4) is 0 Å². The van der Waals surface area contributed by atoms with Gasteiger partial charge >= 0.3 is 6.09 Å². The molecule has 1 aromatic carbocycles. The number of hydrogen-bond acceptors (Lipinski definition) is 2. The highest BCUT2D eigenvalue weighted by Crippen LogP contribution is 2.19. The van der Waals surface area contributed by atoms with E-state index < -0.39 is 6.09 Å². The Balaban J connectivity index is 2.60. The van der Waals surface area contributed by atoms with Crippen LogP contribution in [-0.2, 0) is 4.74 Å². The van der Waals surface area contributed by atoms with Gasteiger partial charge < -0.3 is 10.5 Å². The highest BCUT2D eigenvalue weighted by atomic mass is 79.9. The summed E-state index contributed by atoms with van der Waals surface area (Å²) in [6.07, 6.45) is -0.730. The van der Waals surface area contributed by atoms with Crippen LogP contribution >= 0.6 is 15.9 Å². The third-order valence-corrected chi connectivity index (χ3v) is 2.39. The standard InChI is InChI=1S/C10H12BrNO2/c1-7(6-14-10(12)13)8-3-2-4-9(11)5-8/h2-5,7H,6H2,1H3,(H2,12,13). The molecule has 0 aliphatic heterocycles. The molecule has 0 spiro atoms. The predicted octanol–water partition coefficient (Wildman–Crippen LogP) is 2.65. The second-order valence-corrected chi connectivity index (χ2v) is 4.00. The van der Waals surface area contributed by atoms with Gasteiger partial charge in [0.15, 0.2) is 0 Å². The van der Waals surface area contributed by atoms with E-state index in [1.165, 1.54) is 0 Å². The number of carbonyl (C=O) groups excluding carboxylic acids is 1. The molecular weight excluding hydrogens is 246 g/mol. The molecule has 2 N–H and O–H groups in total. The molecule has 1 amide bonds. The average Bonchev–Trinajstić information content (AvgIpc) is 2.14. The first-order chi connectivity index (χ1) is 6.59. The van der Waals surface area contributed by atoms with E-state index >= 15 is 0 Å². The molecule has 1 aromatic rings. The van der Waals surface area contributed by atoms with Gasteiger partial charge in [0.25, 0.3) is 0 Å². The fourth-order valence-corrected chi connectivity index (χ4v) is 1.53. The summed E-state index contributed by atoms with van der Waals surface area (Å²) in [5.41, 5.74) is 5.99. The van der Waals surface area contributed by atoms with Gasteiger partial charge in [0.1, 0.15) is 0 Å². The number of amides is 1. The molecule has 0 aliphatic carbocycles. The Morgan fingerprint density at radius 3 is 2.93 bits per heavy atom. The lowest BCUT2D eigenvalue weighted by Gasteiger charge is -2.11. The summed E-state index contributed by atoms with van der Waals surface area (Å²) < 4.78 is 5.74. The van der Waals surface area contributed by atoms with Gasteiger partial charge in [-0.15, -0.1) is 0 Å². The molecule has 0 saturated carbocycles. The number of hydrogen-bond donors (Lipinski definition) is 1. The number of primary amides is 1. The number of ether oxygens (including phenoxy) is 1. The minimum absolute atomic E-state index is 0.153. The summed E-state index contributed by atoms with van der Waals surface area (Å²) in [4.78, 5) is 10.4. The van der Waals surface area contributed by atoms with Crippen LogP contribution in [0, 0.1) is 0 Å². The lowest BCUT2D eigenvalue weighted by molar-refractivity contribution is 0.151. The molecular formula is C10H12BrNO2. The lowest BCUT2D eigenvalue weighted by atomic mass is 10.0. The molecule has 3 nitrogen and oxygen atoms in total. The van der Waals surface area contributed by atoms with Gasteiger partial charge in [-0.1, -0.05) is 35.0 Å². The van der Waals surface area contributed by atoms with E-state index in [0.717, 1.165) is 10.0 Å². The minimum Gasteiger partial charge on any atom is -0.449 e. The van der Waals surface area contributed by atoms with Crippen molar-refractivity contribution in [1.82, 2.24) is 0 Å². The van der Waals surface area contributed by atoms with E-state index in [4.69, 9.17) is 10.5 Å². The predicted molar refractivity (Wildman–Crippen MR) is 58.1 cm³/mol. The van der Waals surface area contributed by atoms with Crippen molar-refractivity contribution in [2.24, 2.45) is 5.73 Å². The second-order valence-electron chi connectivity index (χ2n) is 3.09. The molecule has 76 valence electrons. The molecule has 0 saturated heterocycles. The molecule has 1 atom stereocenters. The van der Waals surface area contributed by atoms with Crippen LogP contribution in [0.4, 0.5) is 4.79 Å². The monoisotopic (exact) mass is 257 g/mol. The SMILES string of the molecule is CC(COC(N)=O)c1cccc(Br)c1. The highest BCUT2D eigenvalue weighted by molar-refractivity contribution is 9.10. The largest absolute Gasteiger partial charge is 0.449 e. The van der Waals surface area contributed by atoms with E-state index in [9.17, 15) is 4.79 Å². The maximum Gasteiger partial charge on any atom is 0.404 e. The van der Waals surface area contributed by atoms with Crippen molar-refractivity contribution in [2.75, 3.05) is 6.61 Å². The topological polar surface area (TPSA) is 52.3 Å². The van der Waals surface area contributed by atoms with Crippen LogP contribution in [-0.4, -0.2) is 12.7 Å². The minimum atomic E-state index is -0.730. The maximum absolute atomic E-state index is 10.4. The first-order valence-corrected chi connectivity index (χ1v) is 5.06. The molecule has 0 bridgehead atoms. The molecule has 14 heavy (non-hydrogen) atoms. The van der Waals surface area contributed by atoms with Crippen molar-refractivity contribution in [3.63, 3.8) is 0 Å². The summed E-state index contributed by atoms with van der Waals surface area (Å²) >= 11 is 3.38. The smallest absolute Gasteiger partial charge is 0.404 e. The Hall–Kier alpha value is -1.03. The van der Waals surface area contributed by atoms with E-state index in [0.29, 0.717) is 6.61 Å². The fraction of sp³-hybridized carbons (Fsp3) is 0.300. The van der Waals surface area contributed by atoms with Crippen molar-refractivity contribution in [2.45, 2.75) is 12.8 Å². The van der Waals surface area contributed by atoms with Crippen LogP contribution in [0.15, 0.2) is 28.7 Å². The van der Waals surface area contributed by atoms with Crippen LogP contribution < -0.4 is 5.73 Å². The third-order valence-electron chi connectivity index (χ3n) is 1.89. The average molecular weight is 258 g/mol. The Labute approximate surface area is 91.4 Å². The first-order valence-electron chi connectivity index (χ1n) is 4.27. The van der Waals surface area contributed by atoms with Crippen LogP contribution in [0.1, 0.15) is 18.4 Å². The van der Waals surface area contributed by atoms with Gasteiger partial charge in [-0.25, -0.2) is 4.79 Å². The van der Waals surface area contributed by atoms with Gasteiger partial charge in [-0.05, 0) is 17.7 Å².